The van der Waals surface area contributed by atoms with Crippen molar-refractivity contribution in [1.82, 2.24) is 4.90 Å². The molecule has 2 nitrogen and oxygen atoms in total. The average molecular weight is 183 g/mol. The highest BCUT2D eigenvalue weighted by Gasteiger charge is 2.20. The fourth-order valence-electron chi connectivity index (χ4n) is 2.00. The molecular weight excluding hydrogens is 162 g/mol. The molecule has 0 amide bonds. The molecule has 0 saturated carbocycles. The second kappa shape index (κ2) is 6.17. The fourth-order valence-corrected chi connectivity index (χ4v) is 2.00. The highest BCUT2D eigenvalue weighted by molar-refractivity contribution is 4.77. The van der Waals surface area contributed by atoms with E-state index in [1.165, 1.54) is 32.2 Å². The number of aliphatic hydroxyl groups excluding tert-OH is 1. The highest BCUT2D eigenvalue weighted by Crippen LogP contribution is 2.16. The molecule has 0 radical (unpaired) electrons. The van der Waals surface area contributed by atoms with Crippen LogP contribution in [0.1, 0.15) is 32.1 Å². The molecule has 1 atom stereocenters. The Labute approximate surface area is 81.2 Å². The lowest BCUT2D eigenvalue weighted by Crippen LogP contribution is -2.42. The first-order valence-corrected chi connectivity index (χ1v) is 5.34. The van der Waals surface area contributed by atoms with E-state index in [1.54, 1.807) is 0 Å². The Morgan fingerprint density at radius 2 is 2.31 bits per heavy atom. The zero-order valence-corrected chi connectivity index (χ0v) is 8.41. The molecule has 0 aromatic rings. The summed E-state index contributed by atoms with van der Waals surface area (Å²) < 4.78 is 0. The average Bonchev–Trinajstić information content (AvgIpc) is 2.19. The Hall–Kier alpha value is -0.340. The van der Waals surface area contributed by atoms with Crippen molar-refractivity contribution in [3.05, 3.63) is 12.7 Å². The van der Waals surface area contributed by atoms with Crippen LogP contribution in [0.4, 0.5) is 0 Å². The van der Waals surface area contributed by atoms with E-state index in [9.17, 15) is 0 Å². The number of rotatable bonds is 5. The van der Waals surface area contributed by atoms with Crippen molar-refractivity contribution in [2.75, 3.05) is 19.7 Å². The van der Waals surface area contributed by atoms with Gasteiger partial charge in [0.05, 0.1) is 6.61 Å². The number of piperidine rings is 1. The lowest BCUT2D eigenvalue weighted by atomic mass is 10.0. The van der Waals surface area contributed by atoms with E-state index in [-0.39, 0.29) is 0 Å². The highest BCUT2D eigenvalue weighted by atomic mass is 16.3. The van der Waals surface area contributed by atoms with Crippen molar-refractivity contribution in [2.24, 2.45) is 0 Å². The Bertz CT molecular complexity index is 147. The van der Waals surface area contributed by atoms with Crippen molar-refractivity contribution in [3.63, 3.8) is 0 Å². The van der Waals surface area contributed by atoms with Gasteiger partial charge in [-0.1, -0.05) is 12.5 Å². The van der Waals surface area contributed by atoms with Gasteiger partial charge >= 0.3 is 0 Å². The van der Waals surface area contributed by atoms with Crippen LogP contribution in [0, 0.1) is 0 Å². The van der Waals surface area contributed by atoms with E-state index in [0.29, 0.717) is 12.6 Å². The molecule has 1 heterocycles. The van der Waals surface area contributed by atoms with Crippen molar-refractivity contribution in [1.29, 1.82) is 0 Å². The van der Waals surface area contributed by atoms with Gasteiger partial charge in [-0.2, -0.15) is 0 Å². The Morgan fingerprint density at radius 1 is 1.46 bits per heavy atom. The number of allylic oxidation sites excluding steroid dienone is 1. The molecule has 1 fully saturated rings. The number of likely N-dealkylation sites (tertiary alicyclic amines) is 1. The van der Waals surface area contributed by atoms with E-state index in [1.807, 2.05) is 6.08 Å². The Balaban J connectivity index is 2.23. The van der Waals surface area contributed by atoms with Gasteiger partial charge in [-0.15, -0.1) is 6.58 Å². The normalized spacial score (nSPS) is 24.5. The summed E-state index contributed by atoms with van der Waals surface area (Å²) in [6.07, 6.45) is 7.99. The summed E-state index contributed by atoms with van der Waals surface area (Å²) >= 11 is 0. The van der Waals surface area contributed by atoms with Gasteiger partial charge in [0.15, 0.2) is 0 Å². The third-order valence-corrected chi connectivity index (χ3v) is 2.81. The molecule has 13 heavy (non-hydrogen) atoms. The molecule has 0 bridgehead atoms. The number of hydrogen-bond donors (Lipinski definition) is 1. The number of unbranched alkanes of at least 4 members (excludes halogenated alkanes) is 1. The zero-order chi connectivity index (χ0) is 9.52. The molecule has 2 heteroatoms. The van der Waals surface area contributed by atoms with Crippen LogP contribution in [0.25, 0.3) is 0 Å². The maximum atomic E-state index is 9.16. The first-order chi connectivity index (χ1) is 6.38. The van der Waals surface area contributed by atoms with Gasteiger partial charge in [-0.05, 0) is 38.8 Å². The smallest absolute Gasteiger partial charge is 0.0586 e. The van der Waals surface area contributed by atoms with Gasteiger partial charge in [0.2, 0.25) is 0 Å². The number of aliphatic hydroxyl groups is 1. The van der Waals surface area contributed by atoms with Crippen molar-refractivity contribution in [3.8, 4) is 0 Å². The lowest BCUT2D eigenvalue weighted by molar-refractivity contribution is 0.0895. The molecule has 1 saturated heterocycles. The topological polar surface area (TPSA) is 23.5 Å². The van der Waals surface area contributed by atoms with Crippen LogP contribution in [0.15, 0.2) is 12.7 Å². The van der Waals surface area contributed by atoms with Gasteiger partial charge in [0, 0.05) is 6.04 Å². The maximum absolute atomic E-state index is 9.16. The second-order valence-electron chi connectivity index (χ2n) is 3.80. The van der Waals surface area contributed by atoms with E-state index in [0.717, 1.165) is 13.0 Å². The van der Waals surface area contributed by atoms with E-state index >= 15 is 0 Å². The molecule has 1 aliphatic heterocycles. The first kappa shape index (κ1) is 10.7. The summed E-state index contributed by atoms with van der Waals surface area (Å²) in [6, 6.07) is 0.429. The van der Waals surface area contributed by atoms with Crippen molar-refractivity contribution >= 4 is 0 Å². The Kier molecular flexibility index (Phi) is 5.09. The van der Waals surface area contributed by atoms with Gasteiger partial charge in [-0.25, -0.2) is 0 Å². The van der Waals surface area contributed by atoms with Gasteiger partial charge < -0.3 is 5.11 Å². The van der Waals surface area contributed by atoms with Crippen molar-refractivity contribution in [2.45, 2.75) is 38.1 Å². The first-order valence-electron chi connectivity index (χ1n) is 5.34. The van der Waals surface area contributed by atoms with Gasteiger partial charge in [0.25, 0.3) is 0 Å². The minimum absolute atomic E-state index is 0.327. The van der Waals surface area contributed by atoms with Crippen LogP contribution in [0.2, 0.25) is 0 Å². The zero-order valence-electron chi connectivity index (χ0n) is 8.41. The summed E-state index contributed by atoms with van der Waals surface area (Å²) in [5.41, 5.74) is 0. The van der Waals surface area contributed by atoms with E-state index < -0.39 is 0 Å². The third-order valence-electron chi connectivity index (χ3n) is 2.81. The van der Waals surface area contributed by atoms with Crippen LogP contribution in [-0.4, -0.2) is 35.7 Å². The quantitative estimate of drug-likeness (QED) is 0.519. The standard InChI is InChI=1S/C11H21NO/c1-2-3-5-8-12-9-6-4-7-11(12)10-13/h2,11,13H,1,3-10H2. The van der Waals surface area contributed by atoms with Crippen LogP contribution < -0.4 is 0 Å². The van der Waals surface area contributed by atoms with Gasteiger partial charge in [0.1, 0.15) is 0 Å². The van der Waals surface area contributed by atoms with E-state index in [4.69, 9.17) is 5.11 Å². The number of nitrogens with zero attached hydrogens (tertiary/aromatic N) is 1. The molecule has 1 N–H and O–H groups in total. The van der Waals surface area contributed by atoms with Crippen LogP contribution in [-0.2, 0) is 0 Å². The summed E-state index contributed by atoms with van der Waals surface area (Å²) in [5, 5.41) is 9.16. The van der Waals surface area contributed by atoms with E-state index in [2.05, 4.69) is 11.5 Å². The fraction of sp³-hybridized carbons (Fsp3) is 0.818. The third kappa shape index (κ3) is 3.49. The van der Waals surface area contributed by atoms with Crippen LogP contribution in [0.3, 0.4) is 0 Å². The number of hydrogen-bond acceptors (Lipinski definition) is 2. The van der Waals surface area contributed by atoms with Crippen LogP contribution in [0.5, 0.6) is 0 Å². The molecule has 0 aliphatic carbocycles. The second-order valence-corrected chi connectivity index (χ2v) is 3.80. The van der Waals surface area contributed by atoms with Crippen molar-refractivity contribution < 1.29 is 5.11 Å². The predicted molar refractivity (Wildman–Crippen MR) is 55.7 cm³/mol. The maximum Gasteiger partial charge on any atom is 0.0586 e. The van der Waals surface area contributed by atoms with Crippen LogP contribution >= 0.6 is 0 Å². The predicted octanol–water partition coefficient (Wildman–Crippen LogP) is 1.80. The molecule has 1 rings (SSSR count). The lowest BCUT2D eigenvalue weighted by Gasteiger charge is -2.34. The molecule has 1 aliphatic rings. The monoisotopic (exact) mass is 183 g/mol. The summed E-state index contributed by atoms with van der Waals surface area (Å²) in [5.74, 6) is 0. The summed E-state index contributed by atoms with van der Waals surface area (Å²) in [4.78, 5) is 2.42. The van der Waals surface area contributed by atoms with Gasteiger partial charge in [-0.3, -0.25) is 4.90 Å². The molecule has 0 aromatic heterocycles. The molecule has 0 aromatic carbocycles. The summed E-state index contributed by atoms with van der Waals surface area (Å²) in [7, 11) is 0. The molecule has 1 unspecified atom stereocenters. The Morgan fingerprint density at radius 3 is 3.00 bits per heavy atom. The molecule has 76 valence electrons. The summed E-state index contributed by atoms with van der Waals surface area (Å²) in [6.45, 7) is 6.33. The molecular formula is C11H21NO. The largest absolute Gasteiger partial charge is 0.395 e. The SMILES string of the molecule is C=CCCCN1CCCCC1CO. The minimum Gasteiger partial charge on any atom is -0.395 e. The minimum atomic E-state index is 0.327. The molecule has 0 spiro atoms.